The molecule has 0 amide bonds. The van der Waals surface area contributed by atoms with Crippen molar-refractivity contribution in [3.63, 3.8) is 0 Å². The van der Waals surface area contributed by atoms with E-state index in [0.29, 0.717) is 6.42 Å². The van der Waals surface area contributed by atoms with Gasteiger partial charge in [0, 0.05) is 32.0 Å². The van der Waals surface area contributed by atoms with Gasteiger partial charge in [0.25, 0.3) is 0 Å². The SMILES string of the molecule is CC#CCCN(CCC#N)C1CC1. The summed E-state index contributed by atoms with van der Waals surface area (Å²) in [7, 11) is 0. The Kier molecular flexibility index (Phi) is 4.36. The maximum absolute atomic E-state index is 8.48. The fourth-order valence-electron chi connectivity index (χ4n) is 1.43. The molecule has 2 nitrogen and oxygen atoms in total. The monoisotopic (exact) mass is 176 g/mol. The zero-order valence-electron chi connectivity index (χ0n) is 8.21. The van der Waals surface area contributed by atoms with Crippen molar-refractivity contribution < 1.29 is 0 Å². The first-order valence-electron chi connectivity index (χ1n) is 4.89. The Labute approximate surface area is 80.5 Å². The van der Waals surface area contributed by atoms with Crippen molar-refractivity contribution in [2.45, 2.75) is 38.6 Å². The summed E-state index contributed by atoms with van der Waals surface area (Å²) in [4.78, 5) is 2.40. The van der Waals surface area contributed by atoms with Crippen molar-refractivity contribution in [3.05, 3.63) is 0 Å². The van der Waals surface area contributed by atoms with Crippen LogP contribution < -0.4 is 0 Å². The summed E-state index contributed by atoms with van der Waals surface area (Å²) in [5.41, 5.74) is 0. The van der Waals surface area contributed by atoms with Gasteiger partial charge in [0.2, 0.25) is 0 Å². The first-order valence-corrected chi connectivity index (χ1v) is 4.89. The molecule has 0 spiro atoms. The van der Waals surface area contributed by atoms with E-state index in [4.69, 9.17) is 5.26 Å². The standard InChI is InChI=1S/C11H16N2/c1-2-3-4-9-13(10-5-8-12)11-6-7-11/h11H,4-7,9-10H2,1H3. The maximum atomic E-state index is 8.48. The summed E-state index contributed by atoms with van der Waals surface area (Å²) in [6.07, 6.45) is 4.21. The molecule has 0 aromatic rings. The van der Waals surface area contributed by atoms with Gasteiger partial charge in [-0.3, -0.25) is 4.90 Å². The summed E-state index contributed by atoms with van der Waals surface area (Å²) in [5.74, 6) is 5.96. The van der Waals surface area contributed by atoms with Crippen molar-refractivity contribution in [1.29, 1.82) is 5.26 Å². The Morgan fingerprint density at radius 3 is 2.54 bits per heavy atom. The van der Waals surface area contributed by atoms with Crippen LogP contribution in [0.25, 0.3) is 0 Å². The Balaban J connectivity index is 2.20. The van der Waals surface area contributed by atoms with Gasteiger partial charge in [-0.1, -0.05) is 0 Å². The second-order valence-corrected chi connectivity index (χ2v) is 3.35. The van der Waals surface area contributed by atoms with Crippen molar-refractivity contribution >= 4 is 0 Å². The molecule has 1 fully saturated rings. The van der Waals surface area contributed by atoms with E-state index >= 15 is 0 Å². The van der Waals surface area contributed by atoms with Crippen LogP contribution in [0.5, 0.6) is 0 Å². The van der Waals surface area contributed by atoms with Crippen LogP contribution in [-0.4, -0.2) is 24.0 Å². The predicted octanol–water partition coefficient (Wildman–Crippen LogP) is 1.78. The van der Waals surface area contributed by atoms with Gasteiger partial charge in [-0.2, -0.15) is 5.26 Å². The van der Waals surface area contributed by atoms with Crippen LogP contribution in [0, 0.1) is 23.2 Å². The molecule has 1 aliphatic carbocycles. The summed E-state index contributed by atoms with van der Waals surface area (Å²) in [6, 6.07) is 2.95. The van der Waals surface area contributed by atoms with Crippen molar-refractivity contribution in [2.75, 3.05) is 13.1 Å². The van der Waals surface area contributed by atoms with E-state index in [9.17, 15) is 0 Å². The normalized spacial score (nSPS) is 14.8. The van der Waals surface area contributed by atoms with E-state index in [1.807, 2.05) is 6.92 Å². The molecule has 0 saturated heterocycles. The van der Waals surface area contributed by atoms with Gasteiger partial charge in [0.05, 0.1) is 6.07 Å². The van der Waals surface area contributed by atoms with Crippen molar-refractivity contribution in [1.82, 2.24) is 4.90 Å². The molecule has 1 saturated carbocycles. The Morgan fingerprint density at radius 2 is 2.00 bits per heavy atom. The van der Waals surface area contributed by atoms with Gasteiger partial charge >= 0.3 is 0 Å². The molecule has 70 valence electrons. The molecule has 0 bridgehead atoms. The largest absolute Gasteiger partial charge is 0.298 e. The predicted molar refractivity (Wildman–Crippen MR) is 52.9 cm³/mol. The van der Waals surface area contributed by atoms with E-state index in [0.717, 1.165) is 25.6 Å². The first kappa shape index (κ1) is 10.1. The van der Waals surface area contributed by atoms with E-state index < -0.39 is 0 Å². The molecule has 0 atom stereocenters. The van der Waals surface area contributed by atoms with Gasteiger partial charge in [-0.15, -0.1) is 11.8 Å². The lowest BCUT2D eigenvalue weighted by Crippen LogP contribution is -2.27. The van der Waals surface area contributed by atoms with Gasteiger partial charge in [0.15, 0.2) is 0 Å². The minimum absolute atomic E-state index is 0.649. The second-order valence-electron chi connectivity index (χ2n) is 3.35. The highest BCUT2D eigenvalue weighted by Gasteiger charge is 2.27. The molecule has 2 heteroatoms. The van der Waals surface area contributed by atoms with Crippen LogP contribution in [0.1, 0.15) is 32.6 Å². The third-order valence-corrected chi connectivity index (χ3v) is 2.27. The average molecular weight is 176 g/mol. The molecule has 0 aliphatic heterocycles. The van der Waals surface area contributed by atoms with Gasteiger partial charge in [-0.05, 0) is 19.8 Å². The highest BCUT2D eigenvalue weighted by Crippen LogP contribution is 2.26. The topological polar surface area (TPSA) is 27.0 Å². The van der Waals surface area contributed by atoms with Crippen LogP contribution in [0.15, 0.2) is 0 Å². The van der Waals surface area contributed by atoms with Crippen LogP contribution >= 0.6 is 0 Å². The minimum Gasteiger partial charge on any atom is -0.298 e. The zero-order chi connectivity index (χ0) is 9.52. The molecule has 0 aromatic carbocycles. The summed E-state index contributed by atoms with van der Waals surface area (Å²) < 4.78 is 0. The first-order chi connectivity index (χ1) is 6.38. The Hall–Kier alpha value is -0.990. The molecule has 0 unspecified atom stereocenters. The number of nitrogens with zero attached hydrogens (tertiary/aromatic N) is 2. The quantitative estimate of drug-likeness (QED) is 0.597. The van der Waals surface area contributed by atoms with E-state index in [1.54, 1.807) is 0 Å². The summed E-state index contributed by atoms with van der Waals surface area (Å²) in [5, 5.41) is 8.48. The van der Waals surface area contributed by atoms with Crippen molar-refractivity contribution in [3.8, 4) is 17.9 Å². The smallest absolute Gasteiger partial charge is 0.0635 e. The highest BCUT2D eigenvalue weighted by atomic mass is 15.2. The second kappa shape index (κ2) is 5.62. The molecule has 0 heterocycles. The van der Waals surface area contributed by atoms with E-state index in [1.165, 1.54) is 12.8 Å². The fraction of sp³-hybridized carbons (Fsp3) is 0.727. The molecular weight excluding hydrogens is 160 g/mol. The molecule has 0 aromatic heterocycles. The Bertz CT molecular complexity index is 237. The third kappa shape index (κ3) is 3.97. The van der Waals surface area contributed by atoms with Gasteiger partial charge < -0.3 is 0 Å². The molecule has 0 N–H and O–H groups in total. The average Bonchev–Trinajstić information content (AvgIpc) is 2.94. The van der Waals surface area contributed by atoms with E-state index in [-0.39, 0.29) is 0 Å². The maximum Gasteiger partial charge on any atom is 0.0635 e. The molecular formula is C11H16N2. The fourth-order valence-corrected chi connectivity index (χ4v) is 1.43. The number of hydrogen-bond acceptors (Lipinski definition) is 2. The lowest BCUT2D eigenvalue weighted by molar-refractivity contribution is 0.276. The van der Waals surface area contributed by atoms with Gasteiger partial charge in [-0.25, -0.2) is 0 Å². The number of hydrogen-bond donors (Lipinski definition) is 0. The van der Waals surface area contributed by atoms with Crippen molar-refractivity contribution in [2.24, 2.45) is 0 Å². The molecule has 1 rings (SSSR count). The lowest BCUT2D eigenvalue weighted by atomic mass is 10.3. The van der Waals surface area contributed by atoms with Crippen LogP contribution in [0.2, 0.25) is 0 Å². The molecule has 13 heavy (non-hydrogen) atoms. The summed E-state index contributed by atoms with van der Waals surface area (Å²) >= 11 is 0. The Morgan fingerprint density at radius 1 is 1.31 bits per heavy atom. The number of rotatable bonds is 5. The van der Waals surface area contributed by atoms with E-state index in [2.05, 4.69) is 22.8 Å². The summed E-state index contributed by atoms with van der Waals surface area (Å²) in [6.45, 7) is 3.83. The van der Waals surface area contributed by atoms with Gasteiger partial charge in [0.1, 0.15) is 0 Å². The third-order valence-electron chi connectivity index (χ3n) is 2.27. The van der Waals surface area contributed by atoms with Crippen LogP contribution in [0.4, 0.5) is 0 Å². The zero-order valence-corrected chi connectivity index (χ0v) is 8.21. The molecule has 1 aliphatic rings. The minimum atomic E-state index is 0.649. The lowest BCUT2D eigenvalue weighted by Gasteiger charge is -2.18. The molecule has 0 radical (unpaired) electrons. The highest BCUT2D eigenvalue weighted by molar-refractivity contribution is 4.97. The number of nitriles is 1. The van der Waals surface area contributed by atoms with Crippen LogP contribution in [0.3, 0.4) is 0 Å². The van der Waals surface area contributed by atoms with Crippen LogP contribution in [-0.2, 0) is 0 Å².